The number of nitrogens with one attached hydrogen (secondary N) is 1. The number of fused-ring (bicyclic) bond motifs is 1. The van der Waals surface area contributed by atoms with E-state index in [0.29, 0.717) is 13.0 Å². The molecule has 1 unspecified atom stereocenters. The predicted octanol–water partition coefficient (Wildman–Crippen LogP) is 1.81. The fraction of sp³-hybridized carbons (Fsp3) is 0.462. The second-order valence-corrected chi connectivity index (χ2v) is 5.72. The van der Waals surface area contributed by atoms with E-state index in [9.17, 15) is 4.79 Å². The molecular formula is C13H17BrN4O. The van der Waals surface area contributed by atoms with Crippen LogP contribution in [0.4, 0.5) is 0 Å². The summed E-state index contributed by atoms with van der Waals surface area (Å²) < 4.78 is 1.93. The van der Waals surface area contributed by atoms with Gasteiger partial charge in [0.05, 0.1) is 4.83 Å². The number of aromatic nitrogens is 3. The topological polar surface area (TPSA) is 59.3 Å². The number of halogens is 1. The molecular weight excluding hydrogens is 308 g/mol. The highest BCUT2D eigenvalue weighted by Gasteiger charge is 2.18. The molecule has 0 aromatic carbocycles. The molecule has 1 amide bonds. The third-order valence-corrected chi connectivity index (χ3v) is 4.34. The number of carbonyl (C=O) groups excluding carboxylic acids is 1. The van der Waals surface area contributed by atoms with E-state index in [2.05, 4.69) is 31.4 Å². The first-order valence-corrected chi connectivity index (χ1v) is 7.21. The van der Waals surface area contributed by atoms with E-state index in [1.165, 1.54) is 0 Å². The van der Waals surface area contributed by atoms with Gasteiger partial charge >= 0.3 is 0 Å². The van der Waals surface area contributed by atoms with Crippen LogP contribution in [-0.4, -0.2) is 31.9 Å². The highest BCUT2D eigenvalue weighted by molar-refractivity contribution is 9.10. The van der Waals surface area contributed by atoms with Crippen molar-refractivity contribution in [1.82, 2.24) is 19.9 Å². The van der Waals surface area contributed by atoms with Gasteiger partial charge in [-0.3, -0.25) is 9.20 Å². The Morgan fingerprint density at radius 3 is 2.95 bits per heavy atom. The Kier molecular flexibility index (Phi) is 4.52. The van der Waals surface area contributed by atoms with Crippen LogP contribution in [0.1, 0.15) is 19.7 Å². The predicted molar refractivity (Wildman–Crippen MR) is 77.3 cm³/mol. The van der Waals surface area contributed by atoms with Crippen LogP contribution in [0.5, 0.6) is 0 Å². The van der Waals surface area contributed by atoms with E-state index < -0.39 is 0 Å². The molecule has 0 saturated carbocycles. The molecule has 6 heteroatoms. The first-order valence-electron chi connectivity index (χ1n) is 6.30. The van der Waals surface area contributed by atoms with Crippen molar-refractivity contribution in [2.45, 2.75) is 25.1 Å². The van der Waals surface area contributed by atoms with Crippen molar-refractivity contribution >= 4 is 27.5 Å². The van der Waals surface area contributed by atoms with Crippen molar-refractivity contribution in [2.75, 3.05) is 6.54 Å². The summed E-state index contributed by atoms with van der Waals surface area (Å²) in [5.74, 6) is 1.14. The lowest BCUT2D eigenvalue weighted by atomic mass is 10.1. The number of carbonyl (C=O) groups is 1. The number of hydrogen-bond donors (Lipinski definition) is 1. The highest BCUT2D eigenvalue weighted by Crippen LogP contribution is 2.11. The van der Waals surface area contributed by atoms with Crippen LogP contribution >= 0.6 is 15.9 Å². The molecule has 0 radical (unpaired) electrons. The molecule has 1 atom stereocenters. The standard InChI is InChI=1S/C13H17BrN4O/c1-9(2)12(14)13(19)15-7-6-11-17-16-10-5-3-4-8-18(10)11/h3-5,8-9,12H,6-7H2,1-2H3,(H,15,19). The number of alkyl halides is 1. The minimum absolute atomic E-state index is 0.0174. The molecule has 2 heterocycles. The lowest BCUT2D eigenvalue weighted by Gasteiger charge is -2.13. The van der Waals surface area contributed by atoms with Crippen LogP contribution in [0.25, 0.3) is 5.65 Å². The highest BCUT2D eigenvalue weighted by atomic mass is 79.9. The van der Waals surface area contributed by atoms with E-state index in [1.54, 1.807) is 0 Å². The van der Waals surface area contributed by atoms with Crippen molar-refractivity contribution < 1.29 is 4.79 Å². The third-order valence-electron chi connectivity index (χ3n) is 2.87. The number of rotatable bonds is 5. The van der Waals surface area contributed by atoms with Gasteiger partial charge in [0.2, 0.25) is 5.91 Å². The number of hydrogen-bond acceptors (Lipinski definition) is 3. The number of nitrogens with zero attached hydrogens (tertiary/aromatic N) is 3. The molecule has 0 spiro atoms. The van der Waals surface area contributed by atoms with Crippen molar-refractivity contribution in [2.24, 2.45) is 5.92 Å². The Labute approximate surface area is 120 Å². The largest absolute Gasteiger partial charge is 0.355 e. The molecule has 0 aliphatic rings. The molecule has 2 aromatic heterocycles. The molecule has 2 rings (SSSR count). The zero-order valence-corrected chi connectivity index (χ0v) is 12.6. The molecule has 0 aliphatic heterocycles. The van der Waals surface area contributed by atoms with E-state index in [4.69, 9.17) is 0 Å². The maximum absolute atomic E-state index is 11.8. The summed E-state index contributed by atoms with van der Waals surface area (Å²) in [4.78, 5) is 11.6. The van der Waals surface area contributed by atoms with Gasteiger partial charge in [0.15, 0.2) is 5.65 Å². The molecule has 5 nitrogen and oxygen atoms in total. The van der Waals surface area contributed by atoms with E-state index in [0.717, 1.165) is 11.5 Å². The van der Waals surface area contributed by atoms with Crippen LogP contribution in [-0.2, 0) is 11.2 Å². The van der Waals surface area contributed by atoms with Gasteiger partial charge in [-0.05, 0) is 18.1 Å². The monoisotopic (exact) mass is 324 g/mol. The van der Waals surface area contributed by atoms with Gasteiger partial charge in [0, 0.05) is 19.2 Å². The second kappa shape index (κ2) is 6.14. The molecule has 102 valence electrons. The lowest BCUT2D eigenvalue weighted by molar-refractivity contribution is -0.121. The van der Waals surface area contributed by atoms with Crippen LogP contribution < -0.4 is 5.32 Å². The molecule has 2 aromatic rings. The normalized spacial score (nSPS) is 12.8. The summed E-state index contributed by atoms with van der Waals surface area (Å²) in [6.45, 7) is 4.57. The third kappa shape index (κ3) is 3.32. The maximum Gasteiger partial charge on any atom is 0.234 e. The fourth-order valence-corrected chi connectivity index (χ4v) is 1.92. The van der Waals surface area contributed by atoms with Crippen LogP contribution in [0.15, 0.2) is 24.4 Å². The van der Waals surface area contributed by atoms with Crippen molar-refractivity contribution in [1.29, 1.82) is 0 Å². The number of pyridine rings is 1. The van der Waals surface area contributed by atoms with E-state index in [1.807, 2.05) is 42.6 Å². The molecule has 0 aliphatic carbocycles. The average Bonchev–Trinajstić information content (AvgIpc) is 2.81. The molecule has 0 saturated heterocycles. The summed E-state index contributed by atoms with van der Waals surface area (Å²) in [5, 5.41) is 11.1. The van der Waals surface area contributed by atoms with Crippen LogP contribution in [0.2, 0.25) is 0 Å². The van der Waals surface area contributed by atoms with Gasteiger partial charge in [-0.1, -0.05) is 35.8 Å². The summed E-state index contributed by atoms with van der Waals surface area (Å²) in [6.07, 6.45) is 2.59. The summed E-state index contributed by atoms with van der Waals surface area (Å²) in [5.41, 5.74) is 0.823. The zero-order valence-electron chi connectivity index (χ0n) is 11.0. The Morgan fingerprint density at radius 1 is 1.42 bits per heavy atom. The Morgan fingerprint density at radius 2 is 2.21 bits per heavy atom. The van der Waals surface area contributed by atoms with Crippen LogP contribution in [0.3, 0.4) is 0 Å². The fourth-order valence-electron chi connectivity index (χ4n) is 1.76. The van der Waals surface area contributed by atoms with Crippen molar-refractivity contribution in [3.8, 4) is 0 Å². The van der Waals surface area contributed by atoms with Crippen LogP contribution in [0, 0.1) is 5.92 Å². The minimum Gasteiger partial charge on any atom is -0.355 e. The van der Waals surface area contributed by atoms with Crippen molar-refractivity contribution in [3.63, 3.8) is 0 Å². The average molecular weight is 325 g/mol. The van der Waals surface area contributed by atoms with E-state index >= 15 is 0 Å². The van der Waals surface area contributed by atoms with Gasteiger partial charge in [-0.2, -0.15) is 0 Å². The van der Waals surface area contributed by atoms with Gasteiger partial charge in [0.25, 0.3) is 0 Å². The molecule has 19 heavy (non-hydrogen) atoms. The SMILES string of the molecule is CC(C)C(Br)C(=O)NCCc1nnc2ccccn12. The van der Waals surface area contributed by atoms with Gasteiger partial charge in [-0.15, -0.1) is 10.2 Å². The smallest absolute Gasteiger partial charge is 0.234 e. The van der Waals surface area contributed by atoms with Gasteiger partial charge in [0.1, 0.15) is 5.82 Å². The lowest BCUT2D eigenvalue weighted by Crippen LogP contribution is -2.35. The van der Waals surface area contributed by atoms with Gasteiger partial charge < -0.3 is 5.32 Å². The quantitative estimate of drug-likeness (QED) is 0.853. The number of amides is 1. The molecule has 0 fully saturated rings. The Bertz CT molecular complexity index is 567. The van der Waals surface area contributed by atoms with E-state index in [-0.39, 0.29) is 16.7 Å². The first kappa shape index (κ1) is 14.0. The molecule has 1 N–H and O–H groups in total. The summed E-state index contributed by atoms with van der Waals surface area (Å²) in [6, 6.07) is 5.77. The summed E-state index contributed by atoms with van der Waals surface area (Å²) in [7, 11) is 0. The van der Waals surface area contributed by atoms with Gasteiger partial charge in [-0.25, -0.2) is 0 Å². The molecule has 0 bridgehead atoms. The Hall–Kier alpha value is -1.43. The van der Waals surface area contributed by atoms with Crippen molar-refractivity contribution in [3.05, 3.63) is 30.2 Å². The zero-order chi connectivity index (χ0) is 13.8. The minimum atomic E-state index is -0.150. The Balaban J connectivity index is 1.91. The second-order valence-electron chi connectivity index (χ2n) is 4.73. The first-order chi connectivity index (χ1) is 9.09. The summed E-state index contributed by atoms with van der Waals surface area (Å²) >= 11 is 3.38. The maximum atomic E-state index is 11.8.